The van der Waals surface area contributed by atoms with Crippen molar-refractivity contribution in [1.29, 1.82) is 0 Å². The number of nitro groups is 1. The number of aromatic nitrogens is 4. The number of tetrazole rings is 1. The summed E-state index contributed by atoms with van der Waals surface area (Å²) in [5, 5.41) is 33.4. The highest BCUT2D eigenvalue weighted by Crippen LogP contribution is 2.23. The van der Waals surface area contributed by atoms with Crippen LogP contribution in [0.5, 0.6) is 5.75 Å². The molecule has 2 heterocycles. The third kappa shape index (κ3) is 3.37. The van der Waals surface area contributed by atoms with Gasteiger partial charge in [-0.1, -0.05) is 11.8 Å². The minimum atomic E-state index is -0.601. The lowest BCUT2D eigenvalue weighted by Crippen LogP contribution is -1.97. The molecule has 0 aliphatic carbocycles. The second kappa shape index (κ2) is 6.32. The first-order valence-corrected chi connectivity index (χ1v) is 7.16. The highest BCUT2D eigenvalue weighted by atomic mass is 32.2. The number of thioether (sulfide) groups is 1. The Morgan fingerprint density at radius 3 is 2.74 bits per heavy atom. The molecule has 2 aromatic heterocycles. The van der Waals surface area contributed by atoms with Gasteiger partial charge in [-0.25, -0.2) is 0 Å². The summed E-state index contributed by atoms with van der Waals surface area (Å²) in [5.41, 5.74) is 0.692. The first kappa shape index (κ1) is 14.8. The Hall–Kier alpha value is -3.14. The molecule has 1 aromatic carbocycles. The summed E-state index contributed by atoms with van der Waals surface area (Å²) in [6.45, 7) is 0. The number of rotatable bonds is 5. The van der Waals surface area contributed by atoms with Gasteiger partial charge in [-0.3, -0.25) is 10.1 Å². The van der Waals surface area contributed by atoms with Crippen LogP contribution in [0.2, 0.25) is 0 Å². The van der Waals surface area contributed by atoms with Crippen molar-refractivity contribution in [3.05, 3.63) is 57.7 Å². The molecular weight excluding hydrogens is 322 g/mol. The predicted octanol–water partition coefficient (Wildman–Crippen LogP) is 2.63. The molecule has 0 amide bonds. The van der Waals surface area contributed by atoms with Crippen molar-refractivity contribution in [1.82, 2.24) is 20.2 Å². The molecule has 3 rings (SSSR count). The number of phenols is 1. The van der Waals surface area contributed by atoms with E-state index in [4.69, 9.17) is 4.42 Å². The van der Waals surface area contributed by atoms with Gasteiger partial charge < -0.3 is 9.52 Å². The van der Waals surface area contributed by atoms with Gasteiger partial charge in [-0.2, -0.15) is 4.68 Å². The molecule has 0 aliphatic rings. The second-order valence-electron chi connectivity index (χ2n) is 4.24. The minimum absolute atomic E-state index is 0.148. The van der Waals surface area contributed by atoms with Gasteiger partial charge in [0.15, 0.2) is 0 Å². The van der Waals surface area contributed by atoms with Crippen molar-refractivity contribution in [3.63, 3.8) is 0 Å². The molecule has 1 N–H and O–H groups in total. The maximum absolute atomic E-state index is 10.5. The molecule has 0 saturated heterocycles. The van der Waals surface area contributed by atoms with Gasteiger partial charge >= 0.3 is 5.88 Å². The fourth-order valence-electron chi connectivity index (χ4n) is 1.70. The topological polar surface area (TPSA) is 120 Å². The van der Waals surface area contributed by atoms with E-state index in [1.165, 1.54) is 40.7 Å². The van der Waals surface area contributed by atoms with Gasteiger partial charge in [0.25, 0.3) is 0 Å². The van der Waals surface area contributed by atoms with Crippen molar-refractivity contribution in [3.8, 4) is 11.4 Å². The average Bonchev–Trinajstić information content (AvgIpc) is 3.18. The summed E-state index contributed by atoms with van der Waals surface area (Å²) in [6, 6.07) is 9.19. The molecule has 0 fully saturated rings. The Bertz CT molecular complexity index is 855. The predicted molar refractivity (Wildman–Crippen MR) is 81.1 cm³/mol. The Labute approximate surface area is 133 Å². The summed E-state index contributed by atoms with van der Waals surface area (Å²) in [5.74, 6) is 0.187. The van der Waals surface area contributed by atoms with Gasteiger partial charge in [0.1, 0.15) is 16.4 Å². The fraction of sp³-hybridized carbons (Fsp3) is 0. The molecule has 23 heavy (non-hydrogen) atoms. The molecule has 0 bridgehead atoms. The quantitative estimate of drug-likeness (QED) is 0.430. The van der Waals surface area contributed by atoms with Gasteiger partial charge in [-0.05, 0) is 52.2 Å². The summed E-state index contributed by atoms with van der Waals surface area (Å²) in [6.07, 6.45) is 1.58. The maximum atomic E-state index is 10.5. The summed E-state index contributed by atoms with van der Waals surface area (Å²) in [4.78, 5) is 9.93. The number of benzene rings is 1. The second-order valence-corrected chi connectivity index (χ2v) is 5.12. The van der Waals surface area contributed by atoms with Gasteiger partial charge in [0.2, 0.25) is 5.16 Å². The van der Waals surface area contributed by atoms with Crippen LogP contribution in [-0.4, -0.2) is 30.2 Å². The lowest BCUT2D eigenvalue weighted by molar-refractivity contribution is -0.402. The van der Waals surface area contributed by atoms with E-state index in [9.17, 15) is 15.2 Å². The molecular formula is C13H9N5O4S. The molecule has 116 valence electrons. The van der Waals surface area contributed by atoms with Crippen molar-refractivity contribution in [2.24, 2.45) is 0 Å². The first-order chi connectivity index (χ1) is 11.1. The number of aromatic hydroxyl groups is 1. The SMILES string of the molecule is O=[N+]([O-])c1ccc(/C=C/Sc2nnnn2-c2ccc(O)cc2)o1. The van der Waals surface area contributed by atoms with E-state index >= 15 is 0 Å². The van der Waals surface area contributed by atoms with Crippen LogP contribution in [0.1, 0.15) is 5.76 Å². The van der Waals surface area contributed by atoms with E-state index in [0.29, 0.717) is 16.6 Å². The van der Waals surface area contributed by atoms with E-state index < -0.39 is 4.92 Å². The first-order valence-electron chi connectivity index (χ1n) is 6.29. The number of hydrogen-bond acceptors (Lipinski definition) is 8. The molecule has 9 nitrogen and oxygen atoms in total. The molecule has 10 heteroatoms. The zero-order chi connectivity index (χ0) is 16.2. The van der Waals surface area contributed by atoms with Gasteiger partial charge in [0.05, 0.1) is 11.8 Å². The van der Waals surface area contributed by atoms with Crippen LogP contribution in [-0.2, 0) is 0 Å². The lowest BCUT2D eigenvalue weighted by Gasteiger charge is -2.01. The monoisotopic (exact) mass is 331 g/mol. The molecule has 0 aliphatic heterocycles. The zero-order valence-corrected chi connectivity index (χ0v) is 12.3. The van der Waals surface area contributed by atoms with Crippen LogP contribution in [0.3, 0.4) is 0 Å². The van der Waals surface area contributed by atoms with E-state index in [1.54, 1.807) is 23.6 Å². The van der Waals surface area contributed by atoms with E-state index in [1.807, 2.05) is 0 Å². The van der Waals surface area contributed by atoms with Crippen LogP contribution < -0.4 is 0 Å². The molecule has 3 aromatic rings. The lowest BCUT2D eigenvalue weighted by atomic mass is 10.3. The van der Waals surface area contributed by atoms with Crippen molar-refractivity contribution in [2.45, 2.75) is 5.16 Å². The maximum Gasteiger partial charge on any atom is 0.433 e. The average molecular weight is 331 g/mol. The molecule has 0 atom stereocenters. The van der Waals surface area contributed by atoms with Crippen molar-refractivity contribution >= 4 is 23.7 Å². The third-order valence-corrected chi connectivity index (χ3v) is 3.47. The van der Waals surface area contributed by atoms with Crippen LogP contribution in [0.4, 0.5) is 5.88 Å². The van der Waals surface area contributed by atoms with Crippen LogP contribution in [0, 0.1) is 10.1 Å². The summed E-state index contributed by atoms with van der Waals surface area (Å²) >= 11 is 1.22. The standard InChI is InChI=1S/C13H9N5O4S/c19-10-3-1-9(2-4-10)17-13(14-15-16-17)23-8-7-11-5-6-12(22-11)18(20)21/h1-8,19H/b8-7+. The molecule has 0 unspecified atom stereocenters. The number of phenolic OH excluding ortho intramolecular Hbond substituents is 1. The molecule has 0 spiro atoms. The van der Waals surface area contributed by atoms with Crippen LogP contribution in [0.15, 0.2) is 51.4 Å². The van der Waals surface area contributed by atoms with E-state index in [0.717, 1.165) is 0 Å². The van der Waals surface area contributed by atoms with Crippen molar-refractivity contribution < 1.29 is 14.4 Å². The van der Waals surface area contributed by atoms with E-state index in [2.05, 4.69) is 15.5 Å². The normalized spacial score (nSPS) is 11.1. The molecule has 0 radical (unpaired) electrons. The Morgan fingerprint density at radius 1 is 1.26 bits per heavy atom. The Morgan fingerprint density at radius 2 is 2.04 bits per heavy atom. The number of nitrogens with zero attached hydrogens (tertiary/aromatic N) is 5. The summed E-state index contributed by atoms with van der Waals surface area (Å²) in [7, 11) is 0. The van der Waals surface area contributed by atoms with Gasteiger partial charge in [-0.15, -0.1) is 5.10 Å². The summed E-state index contributed by atoms with van der Waals surface area (Å²) < 4.78 is 6.51. The zero-order valence-electron chi connectivity index (χ0n) is 11.4. The fourth-order valence-corrected chi connectivity index (χ4v) is 2.35. The Kier molecular flexibility index (Phi) is 4.06. The number of furan rings is 1. The van der Waals surface area contributed by atoms with Crippen LogP contribution in [0.25, 0.3) is 11.8 Å². The Balaban J connectivity index is 1.73. The smallest absolute Gasteiger partial charge is 0.433 e. The largest absolute Gasteiger partial charge is 0.508 e. The molecule has 0 saturated carbocycles. The van der Waals surface area contributed by atoms with E-state index in [-0.39, 0.29) is 11.6 Å². The third-order valence-electron chi connectivity index (χ3n) is 2.73. The van der Waals surface area contributed by atoms with Crippen LogP contribution >= 0.6 is 11.8 Å². The van der Waals surface area contributed by atoms with Gasteiger partial charge in [0, 0.05) is 0 Å². The highest BCUT2D eigenvalue weighted by molar-refractivity contribution is 8.02. The minimum Gasteiger partial charge on any atom is -0.508 e. The highest BCUT2D eigenvalue weighted by Gasteiger charge is 2.10. The number of hydrogen-bond donors (Lipinski definition) is 1. The van der Waals surface area contributed by atoms with Crippen molar-refractivity contribution in [2.75, 3.05) is 0 Å².